The second kappa shape index (κ2) is 8.32. The van der Waals surface area contributed by atoms with E-state index in [9.17, 15) is 0 Å². The Bertz CT molecular complexity index is 564. The molecule has 21 heavy (non-hydrogen) atoms. The molecule has 0 saturated heterocycles. The lowest BCUT2D eigenvalue weighted by molar-refractivity contribution is 0.571. The number of likely N-dealkylation sites (N-methyl/N-ethyl adjacent to an activating group) is 1. The number of rotatable bonds is 7. The topological polar surface area (TPSA) is 24.9 Å². The number of thiazole rings is 1. The summed E-state index contributed by atoms with van der Waals surface area (Å²) in [4.78, 5) is 7.30. The van der Waals surface area contributed by atoms with E-state index in [1.807, 2.05) is 23.1 Å². The average Bonchev–Trinajstić information content (AvgIpc) is 2.75. The summed E-state index contributed by atoms with van der Waals surface area (Å²) >= 11 is 7.25. The van der Waals surface area contributed by atoms with Crippen molar-refractivity contribution in [2.75, 3.05) is 12.3 Å². The molecule has 114 valence electrons. The number of hydrogen-bond donors (Lipinski definition) is 1. The molecule has 2 nitrogen and oxygen atoms in total. The van der Waals surface area contributed by atoms with Gasteiger partial charge in [-0.15, -0.1) is 23.1 Å². The Kier molecular flexibility index (Phi) is 6.74. The van der Waals surface area contributed by atoms with Gasteiger partial charge in [0.25, 0.3) is 0 Å². The third-order valence-corrected chi connectivity index (χ3v) is 5.98. The van der Waals surface area contributed by atoms with Gasteiger partial charge >= 0.3 is 0 Å². The van der Waals surface area contributed by atoms with E-state index in [2.05, 4.69) is 71.3 Å². The van der Waals surface area contributed by atoms with E-state index < -0.39 is 0 Å². The number of benzene rings is 1. The molecule has 0 aliphatic rings. The summed E-state index contributed by atoms with van der Waals surface area (Å²) in [5, 5.41) is 4.82. The van der Waals surface area contributed by atoms with Crippen LogP contribution in [0.25, 0.3) is 0 Å². The zero-order chi connectivity index (χ0) is 15.2. The fourth-order valence-corrected chi connectivity index (χ4v) is 4.65. The lowest BCUT2D eigenvalue weighted by Gasteiger charge is -2.16. The van der Waals surface area contributed by atoms with E-state index in [1.165, 1.54) is 20.5 Å². The summed E-state index contributed by atoms with van der Waals surface area (Å²) < 4.78 is 1.14. The van der Waals surface area contributed by atoms with Crippen LogP contribution < -0.4 is 5.32 Å². The molecule has 5 heteroatoms. The molecule has 0 radical (unpaired) electrons. The van der Waals surface area contributed by atoms with Gasteiger partial charge in [0.15, 0.2) is 0 Å². The first-order valence-electron chi connectivity index (χ1n) is 7.13. The number of aryl methyl sites for hydroxylation is 2. The Labute approximate surface area is 143 Å². The third-order valence-electron chi connectivity index (χ3n) is 3.23. The maximum atomic E-state index is 4.66. The van der Waals surface area contributed by atoms with Crippen LogP contribution in [0.2, 0.25) is 0 Å². The van der Waals surface area contributed by atoms with Crippen LogP contribution in [0.5, 0.6) is 0 Å². The monoisotopic (exact) mass is 384 g/mol. The Morgan fingerprint density at radius 2 is 2.19 bits per heavy atom. The Morgan fingerprint density at radius 1 is 1.38 bits per heavy atom. The van der Waals surface area contributed by atoms with E-state index in [1.54, 1.807) is 0 Å². The first-order valence-corrected chi connectivity index (χ1v) is 9.72. The minimum absolute atomic E-state index is 0.462. The smallest absolute Gasteiger partial charge is 0.0946 e. The third kappa shape index (κ3) is 5.40. The molecular weight excluding hydrogens is 364 g/mol. The first-order chi connectivity index (χ1) is 10.1. The normalized spacial score (nSPS) is 12.6. The summed E-state index contributed by atoms with van der Waals surface area (Å²) in [6.45, 7) is 7.39. The van der Waals surface area contributed by atoms with Crippen molar-refractivity contribution >= 4 is 39.0 Å². The highest BCUT2D eigenvalue weighted by molar-refractivity contribution is 9.10. The van der Waals surface area contributed by atoms with Gasteiger partial charge in [0.1, 0.15) is 0 Å². The van der Waals surface area contributed by atoms with Gasteiger partial charge in [-0.25, -0.2) is 4.98 Å². The highest BCUT2D eigenvalue weighted by Gasteiger charge is 2.13. The Balaban J connectivity index is 1.95. The highest BCUT2D eigenvalue weighted by Crippen LogP contribution is 2.24. The van der Waals surface area contributed by atoms with Gasteiger partial charge < -0.3 is 5.32 Å². The number of nitrogens with one attached hydrogen (secondary N) is 1. The molecule has 0 fully saturated rings. The Morgan fingerprint density at radius 3 is 2.81 bits per heavy atom. The molecule has 2 rings (SSSR count). The largest absolute Gasteiger partial charge is 0.313 e. The molecule has 1 heterocycles. The van der Waals surface area contributed by atoms with Crippen LogP contribution in [0.1, 0.15) is 22.5 Å². The van der Waals surface area contributed by atoms with Crippen molar-refractivity contribution in [3.8, 4) is 0 Å². The zero-order valence-electron chi connectivity index (χ0n) is 12.6. The number of thioether (sulfide) groups is 1. The van der Waals surface area contributed by atoms with Crippen LogP contribution in [0, 0.1) is 13.8 Å². The van der Waals surface area contributed by atoms with Crippen molar-refractivity contribution in [1.82, 2.24) is 10.3 Å². The fraction of sp³-hybridized carbons (Fsp3) is 0.438. The Hall–Kier alpha value is -0.360. The summed E-state index contributed by atoms with van der Waals surface area (Å²) in [6, 6.07) is 8.94. The molecule has 1 N–H and O–H groups in total. The van der Waals surface area contributed by atoms with Crippen molar-refractivity contribution < 1.29 is 0 Å². The summed E-state index contributed by atoms with van der Waals surface area (Å²) in [5.41, 5.74) is 1.17. The number of nitrogens with zero attached hydrogens (tertiary/aromatic N) is 1. The van der Waals surface area contributed by atoms with E-state index in [-0.39, 0.29) is 0 Å². The maximum absolute atomic E-state index is 4.66. The van der Waals surface area contributed by atoms with Crippen molar-refractivity contribution in [3.05, 3.63) is 44.3 Å². The SMILES string of the molecule is CCNC(CSc1cccc(Br)c1)Cc1nc(C)c(C)s1. The molecule has 0 spiro atoms. The second-order valence-corrected chi connectivity index (χ2v) is 8.27. The molecule has 1 atom stereocenters. The molecule has 1 aromatic heterocycles. The predicted octanol–water partition coefficient (Wildman–Crippen LogP) is 4.84. The van der Waals surface area contributed by atoms with E-state index in [0.29, 0.717) is 6.04 Å². The van der Waals surface area contributed by atoms with Gasteiger partial charge in [-0.2, -0.15) is 0 Å². The van der Waals surface area contributed by atoms with Crippen molar-refractivity contribution in [2.45, 2.75) is 38.1 Å². The van der Waals surface area contributed by atoms with Crippen LogP contribution in [-0.2, 0) is 6.42 Å². The standard InChI is InChI=1S/C16H21BrN2S2/c1-4-18-14(9-16-19-11(2)12(3)21-16)10-20-15-7-5-6-13(17)8-15/h5-8,14,18H,4,9-10H2,1-3H3. The highest BCUT2D eigenvalue weighted by atomic mass is 79.9. The van der Waals surface area contributed by atoms with Crippen molar-refractivity contribution in [2.24, 2.45) is 0 Å². The van der Waals surface area contributed by atoms with Gasteiger partial charge in [-0.3, -0.25) is 0 Å². The van der Waals surface area contributed by atoms with Crippen molar-refractivity contribution in [1.29, 1.82) is 0 Å². The molecule has 2 aromatic rings. The van der Waals surface area contributed by atoms with Crippen LogP contribution in [0.3, 0.4) is 0 Å². The molecule has 1 aromatic carbocycles. The van der Waals surface area contributed by atoms with Gasteiger partial charge in [-0.05, 0) is 38.6 Å². The molecule has 0 amide bonds. The number of halogens is 1. The van der Waals surface area contributed by atoms with Gasteiger partial charge in [-0.1, -0.05) is 28.9 Å². The van der Waals surface area contributed by atoms with E-state index >= 15 is 0 Å². The van der Waals surface area contributed by atoms with E-state index in [0.717, 1.165) is 23.2 Å². The molecule has 0 aliphatic heterocycles. The van der Waals surface area contributed by atoms with Gasteiger partial charge in [0, 0.05) is 32.5 Å². The van der Waals surface area contributed by atoms with Crippen LogP contribution >= 0.6 is 39.0 Å². The average molecular weight is 385 g/mol. The number of aromatic nitrogens is 1. The summed E-state index contributed by atoms with van der Waals surface area (Å²) in [5.74, 6) is 1.06. The van der Waals surface area contributed by atoms with Gasteiger partial charge in [0.2, 0.25) is 0 Å². The minimum Gasteiger partial charge on any atom is -0.313 e. The van der Waals surface area contributed by atoms with Crippen LogP contribution in [0.4, 0.5) is 0 Å². The summed E-state index contributed by atoms with van der Waals surface area (Å²) in [6.07, 6.45) is 1.01. The quantitative estimate of drug-likeness (QED) is 0.691. The minimum atomic E-state index is 0.462. The first kappa shape index (κ1) is 17.0. The molecular formula is C16H21BrN2S2. The van der Waals surface area contributed by atoms with Gasteiger partial charge in [0.05, 0.1) is 10.7 Å². The summed E-state index contributed by atoms with van der Waals surface area (Å²) in [7, 11) is 0. The predicted molar refractivity (Wildman–Crippen MR) is 97.6 cm³/mol. The van der Waals surface area contributed by atoms with Crippen molar-refractivity contribution in [3.63, 3.8) is 0 Å². The molecule has 0 bridgehead atoms. The van der Waals surface area contributed by atoms with Crippen LogP contribution in [0.15, 0.2) is 33.6 Å². The molecule has 0 saturated carbocycles. The maximum Gasteiger partial charge on any atom is 0.0946 e. The molecule has 0 aliphatic carbocycles. The lowest BCUT2D eigenvalue weighted by Crippen LogP contribution is -2.33. The number of hydrogen-bond acceptors (Lipinski definition) is 4. The molecule has 1 unspecified atom stereocenters. The zero-order valence-corrected chi connectivity index (χ0v) is 15.9. The fourth-order valence-electron chi connectivity index (χ4n) is 2.07. The van der Waals surface area contributed by atoms with E-state index in [4.69, 9.17) is 0 Å². The second-order valence-electron chi connectivity index (χ2n) is 4.98. The van der Waals surface area contributed by atoms with Crippen LogP contribution in [-0.4, -0.2) is 23.3 Å². The lowest BCUT2D eigenvalue weighted by atomic mass is 10.2.